The average molecular weight is 241 g/mol. The van der Waals surface area contributed by atoms with Gasteiger partial charge in [-0.2, -0.15) is 0 Å². The van der Waals surface area contributed by atoms with Crippen LogP contribution in [-0.2, 0) is 11.3 Å². The third-order valence-corrected chi connectivity index (χ3v) is 2.76. The Morgan fingerprint density at radius 1 is 1.73 bits per heavy atom. The monoisotopic (exact) mass is 241 g/mol. The third kappa shape index (κ3) is 2.00. The molecule has 0 spiro atoms. The largest absolute Gasteiger partial charge is 0.482 e. The summed E-state index contributed by atoms with van der Waals surface area (Å²) in [6.07, 6.45) is 2.60. The molecule has 1 aliphatic heterocycles. The van der Waals surface area contributed by atoms with Crippen LogP contribution in [0.3, 0.4) is 0 Å². The molecule has 1 aromatic heterocycles. The van der Waals surface area contributed by atoms with Gasteiger partial charge in [0.1, 0.15) is 5.82 Å². The van der Waals surface area contributed by atoms with Gasteiger partial charge in [-0.3, -0.25) is 0 Å². The van der Waals surface area contributed by atoms with Crippen LogP contribution in [0.25, 0.3) is 0 Å². The number of aromatic nitrogens is 2. The summed E-state index contributed by atoms with van der Waals surface area (Å²) in [5.74, 6) is 0.852. The molecule has 15 heavy (non-hydrogen) atoms. The maximum Gasteiger partial charge on any atom is 0.214 e. The van der Waals surface area contributed by atoms with Crippen molar-refractivity contribution < 1.29 is 4.74 Å². The van der Waals surface area contributed by atoms with Gasteiger partial charge in [0.25, 0.3) is 0 Å². The normalized spacial score (nSPS) is 14.3. The van der Waals surface area contributed by atoms with E-state index in [0.717, 1.165) is 23.8 Å². The first kappa shape index (κ1) is 10.5. The molecular weight excluding hydrogens is 230 g/mol. The zero-order valence-electron chi connectivity index (χ0n) is 8.32. The van der Waals surface area contributed by atoms with Gasteiger partial charge in [-0.1, -0.05) is 12.2 Å². The van der Waals surface area contributed by atoms with Crippen molar-refractivity contribution in [1.82, 2.24) is 9.55 Å². The second kappa shape index (κ2) is 4.24. The van der Waals surface area contributed by atoms with Crippen molar-refractivity contribution in [3.63, 3.8) is 0 Å². The van der Waals surface area contributed by atoms with Crippen LogP contribution in [0, 0.1) is 0 Å². The van der Waals surface area contributed by atoms with Gasteiger partial charge in [0, 0.05) is 13.0 Å². The maximum absolute atomic E-state index is 5.26. The van der Waals surface area contributed by atoms with Gasteiger partial charge in [-0.15, -0.1) is 0 Å². The van der Waals surface area contributed by atoms with Gasteiger partial charge < -0.3 is 14.6 Å². The molecular formula is C9H11N3OS2. The molecule has 0 radical (unpaired) electrons. The molecule has 0 aromatic carbocycles. The highest BCUT2D eigenvalue weighted by Gasteiger charge is 2.20. The average Bonchev–Trinajstić information content (AvgIpc) is 2.60. The molecule has 1 aliphatic rings. The van der Waals surface area contributed by atoms with Crippen molar-refractivity contribution in [2.75, 3.05) is 11.9 Å². The van der Waals surface area contributed by atoms with Crippen LogP contribution in [0.5, 0.6) is 0 Å². The van der Waals surface area contributed by atoms with E-state index in [1.165, 1.54) is 0 Å². The van der Waals surface area contributed by atoms with Gasteiger partial charge in [-0.05, 0) is 19.1 Å². The first-order valence-electron chi connectivity index (χ1n) is 4.74. The van der Waals surface area contributed by atoms with Crippen molar-refractivity contribution in [3.05, 3.63) is 12.0 Å². The number of hydrogen-bond acceptors (Lipinski definition) is 4. The van der Waals surface area contributed by atoms with E-state index < -0.39 is 0 Å². The summed E-state index contributed by atoms with van der Waals surface area (Å²) in [5.41, 5.74) is 0.675. The Hall–Kier alpha value is -1.01. The van der Waals surface area contributed by atoms with Crippen LogP contribution in [0.2, 0.25) is 0 Å². The lowest BCUT2D eigenvalue weighted by Gasteiger charge is -2.18. The second-order valence-electron chi connectivity index (χ2n) is 3.15. The zero-order valence-corrected chi connectivity index (χ0v) is 9.95. The van der Waals surface area contributed by atoms with Crippen molar-refractivity contribution in [3.8, 4) is 0 Å². The number of nitrogens with one attached hydrogen (secondary N) is 1. The van der Waals surface area contributed by atoms with Gasteiger partial charge in [0.2, 0.25) is 5.05 Å². The molecule has 2 heterocycles. The predicted molar refractivity (Wildman–Crippen MR) is 66.4 cm³/mol. The Morgan fingerprint density at radius 3 is 3.27 bits per heavy atom. The molecule has 1 N–H and O–H groups in total. The molecule has 0 saturated heterocycles. The Labute approximate surface area is 98.6 Å². The molecule has 0 atom stereocenters. The Kier molecular flexibility index (Phi) is 2.97. The first-order chi connectivity index (χ1) is 7.22. The van der Waals surface area contributed by atoms with E-state index in [2.05, 4.69) is 10.3 Å². The summed E-state index contributed by atoms with van der Waals surface area (Å²) in [6.45, 7) is 3.30. The topological polar surface area (TPSA) is 39.1 Å². The molecule has 0 saturated carbocycles. The molecule has 1 aromatic rings. The first-order valence-corrected chi connectivity index (χ1v) is 5.56. The minimum atomic E-state index is 0.420. The summed E-state index contributed by atoms with van der Waals surface area (Å²) >= 11 is 10.2. The van der Waals surface area contributed by atoms with E-state index in [0.29, 0.717) is 17.4 Å². The molecule has 4 nitrogen and oxygen atoms in total. The fourth-order valence-electron chi connectivity index (χ4n) is 1.45. The van der Waals surface area contributed by atoms with Gasteiger partial charge in [0.05, 0.1) is 17.9 Å². The second-order valence-corrected chi connectivity index (χ2v) is 4.02. The highest BCUT2D eigenvalue weighted by atomic mass is 32.1. The van der Waals surface area contributed by atoms with Crippen LogP contribution in [-0.4, -0.2) is 26.2 Å². The lowest BCUT2D eigenvalue weighted by atomic mass is 10.3. The molecule has 0 unspecified atom stereocenters. The Bertz CT molecular complexity index is 413. The van der Waals surface area contributed by atoms with Crippen LogP contribution in [0.15, 0.2) is 6.33 Å². The van der Waals surface area contributed by atoms with Crippen LogP contribution in [0.1, 0.15) is 19.0 Å². The molecule has 0 fully saturated rings. The fourth-order valence-corrected chi connectivity index (χ4v) is 1.90. The molecule has 80 valence electrons. The van der Waals surface area contributed by atoms with E-state index >= 15 is 0 Å². The summed E-state index contributed by atoms with van der Waals surface area (Å²) in [6, 6.07) is 0. The molecule has 0 bridgehead atoms. The number of thiocarbonyl (C=S) groups is 2. The number of imidazole rings is 1. The van der Waals surface area contributed by atoms with Crippen molar-refractivity contribution in [2.45, 2.75) is 19.9 Å². The lowest BCUT2D eigenvalue weighted by molar-refractivity contribution is 0.337. The molecule has 2 rings (SSSR count). The minimum absolute atomic E-state index is 0.420. The highest BCUT2D eigenvalue weighted by molar-refractivity contribution is 7.80. The van der Waals surface area contributed by atoms with Gasteiger partial charge >= 0.3 is 0 Å². The standard InChI is InChI=1S/C9H11N3OS2/c1-2-13-9(15)7-8-11-6(14)3-4-12(8)5-10-7/h5H,2-4H2,1H3,(H,11,14). The highest BCUT2D eigenvalue weighted by Crippen LogP contribution is 2.21. The molecule has 0 amide bonds. The van der Waals surface area contributed by atoms with Crippen LogP contribution >= 0.6 is 24.4 Å². The Morgan fingerprint density at radius 2 is 2.53 bits per heavy atom. The van der Waals surface area contributed by atoms with E-state index in [1.807, 2.05) is 11.5 Å². The van der Waals surface area contributed by atoms with E-state index in [1.54, 1.807) is 6.33 Å². The number of fused-ring (bicyclic) bond motifs is 1. The third-order valence-electron chi connectivity index (χ3n) is 2.14. The SMILES string of the molecule is CCOC(=S)c1ncn2c1NC(=S)CC2. The van der Waals surface area contributed by atoms with Crippen LogP contribution in [0.4, 0.5) is 5.82 Å². The van der Waals surface area contributed by atoms with Crippen molar-refractivity contribution in [1.29, 1.82) is 0 Å². The quantitative estimate of drug-likeness (QED) is 0.799. The van der Waals surface area contributed by atoms with Gasteiger partial charge in [0.15, 0.2) is 5.69 Å². The number of hydrogen-bond donors (Lipinski definition) is 1. The lowest BCUT2D eigenvalue weighted by Crippen LogP contribution is -2.22. The number of aryl methyl sites for hydroxylation is 1. The molecule has 6 heteroatoms. The number of anilines is 1. The zero-order chi connectivity index (χ0) is 10.8. The van der Waals surface area contributed by atoms with Crippen molar-refractivity contribution >= 4 is 40.3 Å². The van der Waals surface area contributed by atoms with Gasteiger partial charge in [-0.25, -0.2) is 4.98 Å². The van der Waals surface area contributed by atoms with E-state index in [9.17, 15) is 0 Å². The van der Waals surface area contributed by atoms with E-state index in [-0.39, 0.29) is 0 Å². The summed E-state index contributed by atoms with van der Waals surface area (Å²) in [7, 11) is 0. The summed E-state index contributed by atoms with van der Waals surface area (Å²) < 4.78 is 7.26. The summed E-state index contributed by atoms with van der Waals surface area (Å²) in [5, 5.41) is 3.53. The number of nitrogens with zero attached hydrogens (tertiary/aromatic N) is 2. The fraction of sp³-hybridized carbons (Fsp3) is 0.444. The van der Waals surface area contributed by atoms with E-state index in [4.69, 9.17) is 29.2 Å². The van der Waals surface area contributed by atoms with Crippen LogP contribution < -0.4 is 5.32 Å². The Balaban J connectivity index is 2.30. The predicted octanol–water partition coefficient (Wildman–Crippen LogP) is 1.74. The summed E-state index contributed by atoms with van der Waals surface area (Å²) in [4.78, 5) is 5.05. The molecule has 0 aliphatic carbocycles. The smallest absolute Gasteiger partial charge is 0.214 e. The maximum atomic E-state index is 5.26. The number of ether oxygens (including phenoxy) is 1. The number of rotatable bonds is 2. The minimum Gasteiger partial charge on any atom is -0.482 e. The van der Waals surface area contributed by atoms with Crippen molar-refractivity contribution in [2.24, 2.45) is 0 Å².